The van der Waals surface area contributed by atoms with Crippen molar-refractivity contribution in [3.8, 4) is 10.6 Å². The van der Waals surface area contributed by atoms with E-state index < -0.39 is 16.1 Å². The molecule has 0 aliphatic heterocycles. The molecule has 4 aromatic rings. The maximum absolute atomic E-state index is 13.0. The Hall–Kier alpha value is -2.40. The molecule has 0 saturated carbocycles. The van der Waals surface area contributed by atoms with Crippen LogP contribution in [0.3, 0.4) is 0 Å². The lowest BCUT2D eigenvalue weighted by molar-refractivity contribution is 0.357. The molecule has 1 atom stereocenters. The molecule has 2 aromatic heterocycles. The molecular weight excluding hydrogens is 476 g/mol. The standard InChI is InChI=1S/C19H15BrN4O3S2/c1-12-21-18(27-23-12)17(13-5-3-2-4-6-13)24-29(25,26)16-11-28-19(22-16)14-7-9-15(20)10-8-14/h2-11,17,24H,1H3/t17-/m1/s1. The van der Waals surface area contributed by atoms with Gasteiger partial charge in [0.15, 0.2) is 10.9 Å². The highest BCUT2D eigenvalue weighted by molar-refractivity contribution is 9.10. The van der Waals surface area contributed by atoms with Gasteiger partial charge in [-0.15, -0.1) is 11.3 Å². The molecule has 0 aliphatic rings. The normalized spacial score (nSPS) is 12.8. The number of rotatable bonds is 6. The van der Waals surface area contributed by atoms with Gasteiger partial charge < -0.3 is 4.52 Å². The van der Waals surface area contributed by atoms with Gasteiger partial charge in [0.2, 0.25) is 5.89 Å². The smallest absolute Gasteiger partial charge is 0.259 e. The lowest BCUT2D eigenvalue weighted by atomic mass is 10.1. The van der Waals surface area contributed by atoms with Crippen molar-refractivity contribution >= 4 is 37.3 Å². The summed E-state index contributed by atoms with van der Waals surface area (Å²) < 4.78 is 34.9. The maximum atomic E-state index is 13.0. The summed E-state index contributed by atoms with van der Waals surface area (Å²) in [7, 11) is -3.93. The number of thiazole rings is 1. The van der Waals surface area contributed by atoms with E-state index in [0.29, 0.717) is 16.4 Å². The minimum Gasteiger partial charge on any atom is -0.337 e. The molecular formula is C19H15BrN4O3S2. The summed E-state index contributed by atoms with van der Waals surface area (Å²) in [4.78, 5) is 8.51. The van der Waals surface area contributed by atoms with Gasteiger partial charge in [0.1, 0.15) is 11.0 Å². The molecule has 2 aromatic carbocycles. The van der Waals surface area contributed by atoms with Gasteiger partial charge in [0, 0.05) is 15.4 Å². The van der Waals surface area contributed by atoms with Gasteiger partial charge in [-0.3, -0.25) is 0 Å². The van der Waals surface area contributed by atoms with E-state index in [4.69, 9.17) is 4.52 Å². The highest BCUT2D eigenvalue weighted by Gasteiger charge is 2.28. The Kier molecular flexibility index (Phi) is 5.59. The molecule has 0 spiro atoms. The Bertz CT molecular complexity index is 1220. The predicted octanol–water partition coefficient (Wildman–Crippen LogP) is 4.33. The zero-order valence-electron chi connectivity index (χ0n) is 15.1. The van der Waals surface area contributed by atoms with Crippen molar-refractivity contribution in [3.63, 3.8) is 0 Å². The number of hydrogen-bond donors (Lipinski definition) is 1. The summed E-state index contributed by atoms with van der Waals surface area (Å²) >= 11 is 4.65. The number of benzene rings is 2. The van der Waals surface area contributed by atoms with Crippen molar-refractivity contribution in [1.82, 2.24) is 19.8 Å². The summed E-state index contributed by atoms with van der Waals surface area (Å²) in [5.74, 6) is 0.590. The second kappa shape index (κ2) is 8.15. The van der Waals surface area contributed by atoms with Crippen LogP contribution in [0.4, 0.5) is 0 Å². The first kappa shape index (κ1) is 19.9. The van der Waals surface area contributed by atoms with Crippen LogP contribution in [-0.2, 0) is 10.0 Å². The summed E-state index contributed by atoms with van der Waals surface area (Å²) in [6.07, 6.45) is 0. The molecule has 7 nitrogen and oxygen atoms in total. The van der Waals surface area contributed by atoms with Crippen molar-refractivity contribution < 1.29 is 12.9 Å². The maximum Gasteiger partial charge on any atom is 0.259 e. The second-order valence-electron chi connectivity index (χ2n) is 6.14. The molecule has 1 N–H and O–H groups in total. The molecule has 0 unspecified atom stereocenters. The Morgan fingerprint density at radius 3 is 2.45 bits per heavy atom. The zero-order valence-corrected chi connectivity index (χ0v) is 18.3. The molecule has 29 heavy (non-hydrogen) atoms. The molecule has 4 rings (SSSR count). The van der Waals surface area contributed by atoms with Gasteiger partial charge >= 0.3 is 0 Å². The minimum atomic E-state index is -3.93. The summed E-state index contributed by atoms with van der Waals surface area (Å²) in [5, 5.41) is 5.85. The van der Waals surface area contributed by atoms with Crippen molar-refractivity contribution in [2.45, 2.75) is 18.0 Å². The van der Waals surface area contributed by atoms with E-state index in [-0.39, 0.29) is 10.9 Å². The van der Waals surface area contributed by atoms with Crippen LogP contribution in [0.15, 0.2) is 74.0 Å². The Morgan fingerprint density at radius 1 is 1.07 bits per heavy atom. The fourth-order valence-corrected chi connectivity index (χ4v) is 5.20. The lowest BCUT2D eigenvalue weighted by Crippen LogP contribution is -2.30. The van der Waals surface area contributed by atoms with Crippen molar-refractivity contribution in [3.05, 3.63) is 81.7 Å². The van der Waals surface area contributed by atoms with Crippen LogP contribution in [-0.4, -0.2) is 23.5 Å². The Balaban J connectivity index is 1.66. The third-order valence-electron chi connectivity index (χ3n) is 4.05. The number of halogens is 1. The van der Waals surface area contributed by atoms with Crippen LogP contribution in [0, 0.1) is 6.92 Å². The topological polar surface area (TPSA) is 98.0 Å². The van der Waals surface area contributed by atoms with Gasteiger partial charge in [-0.1, -0.05) is 63.6 Å². The monoisotopic (exact) mass is 490 g/mol. The van der Waals surface area contributed by atoms with E-state index in [1.807, 2.05) is 42.5 Å². The first-order chi connectivity index (χ1) is 13.9. The molecule has 0 saturated heterocycles. The lowest BCUT2D eigenvalue weighted by Gasteiger charge is -2.14. The van der Waals surface area contributed by atoms with E-state index in [9.17, 15) is 8.42 Å². The SMILES string of the molecule is Cc1noc([C@H](NS(=O)(=O)c2csc(-c3ccc(Br)cc3)n2)c2ccccc2)n1. The first-order valence-corrected chi connectivity index (χ1v) is 11.7. The highest BCUT2D eigenvalue weighted by atomic mass is 79.9. The van der Waals surface area contributed by atoms with Crippen LogP contribution in [0.5, 0.6) is 0 Å². The highest BCUT2D eigenvalue weighted by Crippen LogP contribution is 2.28. The number of sulfonamides is 1. The fraction of sp³-hybridized carbons (Fsp3) is 0.105. The van der Waals surface area contributed by atoms with Crippen molar-refractivity contribution in [2.24, 2.45) is 0 Å². The minimum absolute atomic E-state index is 0.0578. The van der Waals surface area contributed by atoms with Gasteiger partial charge in [-0.25, -0.2) is 13.4 Å². The van der Waals surface area contributed by atoms with Crippen LogP contribution < -0.4 is 4.72 Å². The fourth-order valence-electron chi connectivity index (χ4n) is 2.66. The van der Waals surface area contributed by atoms with E-state index in [2.05, 4.69) is 35.8 Å². The third kappa shape index (κ3) is 4.45. The Labute approximate surface area is 180 Å². The first-order valence-electron chi connectivity index (χ1n) is 8.51. The van der Waals surface area contributed by atoms with Gasteiger partial charge in [-0.2, -0.15) is 9.71 Å². The average Bonchev–Trinajstić information content (AvgIpc) is 3.37. The zero-order chi connectivity index (χ0) is 20.4. The molecule has 0 fully saturated rings. The van der Waals surface area contributed by atoms with Gasteiger partial charge in [-0.05, 0) is 24.6 Å². The average molecular weight is 491 g/mol. The number of hydrogen-bond acceptors (Lipinski definition) is 7. The van der Waals surface area contributed by atoms with E-state index in [1.165, 1.54) is 16.7 Å². The molecule has 2 heterocycles. The quantitative estimate of drug-likeness (QED) is 0.431. The van der Waals surface area contributed by atoms with Crippen LogP contribution in [0.25, 0.3) is 10.6 Å². The predicted molar refractivity (Wildman–Crippen MR) is 113 cm³/mol. The van der Waals surface area contributed by atoms with Gasteiger partial charge in [0.25, 0.3) is 10.0 Å². The van der Waals surface area contributed by atoms with Crippen LogP contribution >= 0.6 is 27.3 Å². The number of aryl methyl sites for hydroxylation is 1. The number of nitrogens with one attached hydrogen (secondary N) is 1. The summed E-state index contributed by atoms with van der Waals surface area (Å²) in [6.45, 7) is 1.68. The van der Waals surface area contributed by atoms with Crippen molar-refractivity contribution in [1.29, 1.82) is 0 Å². The molecule has 0 bridgehead atoms. The number of nitrogens with zero attached hydrogens (tertiary/aromatic N) is 3. The van der Waals surface area contributed by atoms with Gasteiger partial charge in [0.05, 0.1) is 0 Å². The molecule has 0 amide bonds. The van der Waals surface area contributed by atoms with E-state index in [1.54, 1.807) is 19.1 Å². The van der Waals surface area contributed by atoms with E-state index >= 15 is 0 Å². The second-order valence-corrected chi connectivity index (χ2v) is 9.58. The Morgan fingerprint density at radius 2 is 1.79 bits per heavy atom. The van der Waals surface area contributed by atoms with Crippen molar-refractivity contribution in [2.75, 3.05) is 0 Å². The van der Waals surface area contributed by atoms with Crippen LogP contribution in [0.1, 0.15) is 23.3 Å². The summed E-state index contributed by atoms with van der Waals surface area (Å²) in [5.41, 5.74) is 1.52. The molecule has 148 valence electrons. The molecule has 0 radical (unpaired) electrons. The number of aromatic nitrogens is 3. The third-order valence-corrected chi connectivity index (χ3v) is 6.92. The summed E-state index contributed by atoms with van der Waals surface area (Å²) in [6, 6.07) is 15.8. The van der Waals surface area contributed by atoms with E-state index in [0.717, 1.165) is 10.0 Å². The van der Waals surface area contributed by atoms with Crippen LogP contribution in [0.2, 0.25) is 0 Å². The largest absolute Gasteiger partial charge is 0.337 e. The molecule has 10 heteroatoms. The molecule has 0 aliphatic carbocycles.